The van der Waals surface area contributed by atoms with Gasteiger partial charge < -0.3 is 23.7 Å². The second kappa shape index (κ2) is 14.1. The molecule has 1 aromatic carbocycles. The number of benzene rings is 1. The van der Waals surface area contributed by atoms with Gasteiger partial charge in [0, 0.05) is 24.2 Å². The molecule has 1 saturated heterocycles. The zero-order valence-corrected chi connectivity index (χ0v) is 30.1. The van der Waals surface area contributed by atoms with Crippen LogP contribution in [0.1, 0.15) is 65.2 Å². The fourth-order valence-electron chi connectivity index (χ4n) is 8.81. The first-order valence-corrected chi connectivity index (χ1v) is 18.9. The summed E-state index contributed by atoms with van der Waals surface area (Å²) < 4.78 is 52.2. The van der Waals surface area contributed by atoms with E-state index in [0.717, 1.165) is 6.29 Å². The van der Waals surface area contributed by atoms with E-state index in [-0.39, 0.29) is 72.8 Å². The van der Waals surface area contributed by atoms with Crippen LogP contribution in [0.15, 0.2) is 57.0 Å². The van der Waals surface area contributed by atoms with E-state index in [2.05, 4.69) is 16.4 Å². The predicted octanol–water partition coefficient (Wildman–Crippen LogP) is 2.65. The first-order chi connectivity index (χ1) is 25.1. The zero-order chi connectivity index (χ0) is 38.3. The van der Waals surface area contributed by atoms with Crippen molar-refractivity contribution in [3.8, 4) is 5.88 Å². The number of cyclic esters (lactones) is 1. The van der Waals surface area contributed by atoms with E-state index in [0.29, 0.717) is 12.8 Å². The maximum Gasteiger partial charge on any atom is 0.404 e. The number of carbonyl (C=O) groups excluding carboxylic acids is 6. The molecule has 0 amide bonds. The van der Waals surface area contributed by atoms with Crippen molar-refractivity contribution in [3.05, 3.63) is 47.4 Å². The summed E-state index contributed by atoms with van der Waals surface area (Å²) in [5, 5.41) is 1.39. The number of nitrogens with one attached hydrogen (secondary N) is 1. The molecule has 2 aromatic rings. The summed E-state index contributed by atoms with van der Waals surface area (Å²) in [5.41, 5.74) is -4.02. The number of Topliss-reactive ketones (excluding diaryl/α,β-unsaturated/α-hetero) is 2. The van der Waals surface area contributed by atoms with E-state index in [9.17, 15) is 42.1 Å². The summed E-state index contributed by atoms with van der Waals surface area (Å²) in [6.07, 6.45) is 0.321. The topological polar surface area (TPSA) is 225 Å². The van der Waals surface area contributed by atoms with Gasteiger partial charge in [-0.25, -0.2) is 8.42 Å². The molecule has 4 aliphatic rings. The van der Waals surface area contributed by atoms with Crippen LogP contribution in [0, 0.1) is 38.9 Å². The van der Waals surface area contributed by atoms with Crippen LogP contribution >= 0.6 is 0 Å². The molecule has 1 aromatic heterocycles. The monoisotopic (exact) mass is 757 g/mol. The van der Waals surface area contributed by atoms with Crippen LogP contribution in [0.2, 0.25) is 0 Å². The molecule has 17 heteroatoms. The van der Waals surface area contributed by atoms with Crippen LogP contribution in [0.3, 0.4) is 0 Å². The van der Waals surface area contributed by atoms with Crippen molar-refractivity contribution in [3.63, 3.8) is 0 Å². The highest BCUT2D eigenvalue weighted by molar-refractivity contribution is 7.91. The Hall–Kier alpha value is -4.93. The van der Waals surface area contributed by atoms with Gasteiger partial charge in [0.05, 0.1) is 36.4 Å². The number of unbranched alkanes of at least 4 members (excludes halogenated alkanes) is 1. The van der Waals surface area contributed by atoms with E-state index in [4.69, 9.17) is 18.9 Å². The molecule has 1 aliphatic heterocycles. The number of sulfone groups is 1. The molecule has 16 nitrogen and oxygen atoms in total. The van der Waals surface area contributed by atoms with E-state index in [1.165, 1.54) is 24.3 Å². The number of ketones is 2. The number of nitrogens with zero attached hydrogens (tertiary/aromatic N) is 1. The van der Waals surface area contributed by atoms with Gasteiger partial charge in [0.15, 0.2) is 11.2 Å². The zero-order valence-electron chi connectivity index (χ0n) is 29.3. The Bertz CT molecular complexity index is 2020. The van der Waals surface area contributed by atoms with Crippen molar-refractivity contribution in [2.45, 2.75) is 81.2 Å². The number of aromatic nitrogens is 2. The molecular weight excluding hydrogens is 716 g/mol. The standard InChI is InChI=1S/C36H41N2O14S/c1-21-23-11-12-24-35(25(19-39)34(2,3)16-15-26(35)40)20-50-33(44)36(24,29(21)43)30(23)51-28(42)14-13-27(41)48-17-7-8-18-49-31-32(38(45)52-37-31)53(46,47)22-9-5-4-6-10-22/h4-6,9-10,19,23-25,30,37H,1,7-8,11-18,20H2,2-3H3/q+1/t23-,24-,25+,30+,35-,36-/m0/s1. The molecule has 6 rings (SSSR count). The fraction of sp³-hybridized carbons (Fsp3) is 0.556. The molecular formula is C36H41N2O14S+. The molecule has 2 bridgehead atoms. The highest BCUT2D eigenvalue weighted by atomic mass is 32.2. The lowest BCUT2D eigenvalue weighted by Gasteiger charge is -2.59. The van der Waals surface area contributed by atoms with E-state index in [1.807, 2.05) is 13.8 Å². The summed E-state index contributed by atoms with van der Waals surface area (Å²) in [7, 11) is -4.25. The lowest BCUT2D eigenvalue weighted by atomic mass is 9.44. The second-order valence-corrected chi connectivity index (χ2v) is 16.6. The highest BCUT2D eigenvalue weighted by Crippen LogP contribution is 2.67. The van der Waals surface area contributed by atoms with Crippen LogP contribution in [-0.2, 0) is 52.8 Å². The van der Waals surface area contributed by atoms with Crippen LogP contribution < -0.4 is 9.34 Å². The molecule has 3 aliphatic carbocycles. The number of aromatic amines is 1. The van der Waals surface area contributed by atoms with Gasteiger partial charge in [0.25, 0.3) is 9.84 Å². The van der Waals surface area contributed by atoms with Crippen molar-refractivity contribution in [2.75, 3.05) is 19.8 Å². The van der Waals surface area contributed by atoms with Crippen LogP contribution in [-0.4, -0.2) is 75.3 Å². The third kappa shape index (κ3) is 6.11. The van der Waals surface area contributed by atoms with Gasteiger partial charge in [0.1, 0.15) is 24.8 Å². The van der Waals surface area contributed by atoms with Crippen molar-refractivity contribution in [1.29, 1.82) is 0 Å². The van der Waals surface area contributed by atoms with Crippen LogP contribution in [0.4, 0.5) is 0 Å². The number of fused-ring (bicyclic) bond motifs is 2. The Morgan fingerprint density at radius 2 is 1.75 bits per heavy atom. The smallest absolute Gasteiger partial charge is 0.404 e. The average molecular weight is 758 g/mol. The molecule has 284 valence electrons. The van der Waals surface area contributed by atoms with Gasteiger partial charge in [-0.3, -0.25) is 24.0 Å². The molecule has 0 unspecified atom stereocenters. The van der Waals surface area contributed by atoms with Gasteiger partial charge in [0.2, 0.25) is 4.60 Å². The largest absolute Gasteiger partial charge is 0.466 e. The van der Waals surface area contributed by atoms with Crippen molar-refractivity contribution < 1.29 is 65.4 Å². The SMILES string of the molecule is C=C1C(=O)[C@@]23C(=O)OC[C@]4(C(=O)CCC(C)(C)[C@H]4C=O)[C@@H]2CC[C@@H]1[C@H]3OC(=O)CCC(=O)OCCCCOc1[nH]o[n+](=O)c1S(=O)(=O)c1ccccc1. The maximum atomic E-state index is 14.0. The van der Waals surface area contributed by atoms with Gasteiger partial charge in [-0.1, -0.05) is 43.3 Å². The Labute approximate surface area is 304 Å². The number of carbonyl (C=O) groups is 6. The summed E-state index contributed by atoms with van der Waals surface area (Å²) in [4.78, 5) is 91.7. The number of hydrogen-bond acceptors (Lipinski definition) is 14. The quantitative estimate of drug-likeness (QED) is 0.0775. The summed E-state index contributed by atoms with van der Waals surface area (Å²) in [6, 6.07) is 7.26. The molecule has 2 heterocycles. The highest BCUT2D eigenvalue weighted by Gasteiger charge is 2.78. The van der Waals surface area contributed by atoms with E-state index >= 15 is 0 Å². The van der Waals surface area contributed by atoms with Gasteiger partial charge in [-0.2, -0.15) is 0 Å². The molecule has 2 spiro atoms. The van der Waals surface area contributed by atoms with Crippen LogP contribution in [0.5, 0.6) is 5.88 Å². The molecule has 0 radical (unpaired) electrons. The first kappa shape index (κ1) is 37.8. The Kier molecular flexibility index (Phi) is 10.1. The van der Waals surface area contributed by atoms with E-state index < -0.39 is 91.0 Å². The second-order valence-electron chi connectivity index (χ2n) is 14.7. The number of H-pyrrole nitrogens is 1. The first-order valence-electron chi connectivity index (χ1n) is 17.5. The Morgan fingerprint density at radius 1 is 1.06 bits per heavy atom. The Morgan fingerprint density at radius 3 is 2.47 bits per heavy atom. The lowest BCUT2D eigenvalue weighted by Crippen LogP contribution is -2.70. The number of aldehydes is 1. The summed E-state index contributed by atoms with van der Waals surface area (Å²) >= 11 is 0. The van der Waals surface area contributed by atoms with E-state index in [1.54, 1.807) is 6.07 Å². The van der Waals surface area contributed by atoms with Crippen LogP contribution in [0.25, 0.3) is 0 Å². The summed E-state index contributed by atoms with van der Waals surface area (Å²) in [6.45, 7) is 7.19. The predicted molar refractivity (Wildman–Crippen MR) is 177 cm³/mol. The third-order valence-corrected chi connectivity index (χ3v) is 13.2. The molecule has 1 N–H and O–H groups in total. The van der Waals surface area contributed by atoms with Crippen molar-refractivity contribution >= 4 is 45.6 Å². The van der Waals surface area contributed by atoms with Crippen molar-refractivity contribution in [1.82, 2.24) is 5.16 Å². The number of ether oxygens (including phenoxy) is 4. The minimum atomic E-state index is -4.25. The minimum Gasteiger partial charge on any atom is -0.466 e. The summed E-state index contributed by atoms with van der Waals surface area (Å²) in [5.74, 6) is -6.29. The maximum absolute atomic E-state index is 14.0. The van der Waals surface area contributed by atoms with Gasteiger partial charge in [-0.15, -0.1) is 0 Å². The number of hydrogen-bond donors (Lipinski definition) is 1. The normalized spacial score (nSPS) is 28.9. The molecule has 53 heavy (non-hydrogen) atoms. The number of esters is 3. The molecule has 3 saturated carbocycles. The fourth-order valence-corrected chi connectivity index (χ4v) is 10.1. The lowest BCUT2D eigenvalue weighted by molar-refractivity contribution is -0.744. The third-order valence-electron chi connectivity index (χ3n) is 11.4. The minimum absolute atomic E-state index is 0.0626. The van der Waals surface area contributed by atoms with Crippen molar-refractivity contribution in [2.24, 2.45) is 34.0 Å². The number of rotatable bonds is 13. The average Bonchev–Trinajstić information content (AvgIpc) is 3.56. The molecule has 6 atom stereocenters. The Balaban J connectivity index is 1.03. The molecule has 4 fully saturated rings. The van der Waals surface area contributed by atoms with Gasteiger partial charge in [-0.05, 0) is 65.3 Å². The van der Waals surface area contributed by atoms with Gasteiger partial charge >= 0.3 is 28.8 Å².